The second-order valence-electron chi connectivity index (χ2n) is 4.11. The summed E-state index contributed by atoms with van der Waals surface area (Å²) in [7, 11) is 2.01. The van der Waals surface area contributed by atoms with Gasteiger partial charge in [0.05, 0.1) is 5.69 Å². The number of aryl methyl sites for hydroxylation is 2. The Morgan fingerprint density at radius 1 is 1.64 bits per heavy atom. The molecule has 2 rings (SSSR count). The topological polar surface area (TPSA) is 29.9 Å². The van der Waals surface area contributed by atoms with Crippen molar-refractivity contribution in [2.24, 2.45) is 7.05 Å². The average Bonchev–Trinajstić information content (AvgIpc) is 2.61. The van der Waals surface area contributed by atoms with Gasteiger partial charge < -0.3 is 5.32 Å². The van der Waals surface area contributed by atoms with Crippen molar-refractivity contribution in [1.29, 1.82) is 0 Å². The van der Waals surface area contributed by atoms with Crippen LogP contribution < -0.4 is 5.32 Å². The Kier molecular flexibility index (Phi) is 2.87. The molecule has 1 unspecified atom stereocenters. The Bertz CT molecular complexity index is 297. The second-order valence-corrected chi connectivity index (χ2v) is 4.11. The molecule has 0 radical (unpaired) electrons. The molecule has 1 aromatic heterocycles. The first-order valence-corrected chi connectivity index (χ1v) is 5.54. The molecule has 3 heteroatoms. The molecule has 14 heavy (non-hydrogen) atoms. The molecule has 0 aromatic carbocycles. The monoisotopic (exact) mass is 193 g/mol. The minimum absolute atomic E-state index is 0.639. The molecule has 1 aliphatic heterocycles. The Morgan fingerprint density at radius 3 is 3.14 bits per heavy atom. The van der Waals surface area contributed by atoms with Gasteiger partial charge in [-0.1, -0.05) is 6.92 Å². The molecule has 2 heterocycles. The lowest BCUT2D eigenvalue weighted by Gasteiger charge is -2.21. The zero-order valence-electron chi connectivity index (χ0n) is 9.08. The van der Waals surface area contributed by atoms with Crippen LogP contribution in [0.1, 0.15) is 36.9 Å². The van der Waals surface area contributed by atoms with Gasteiger partial charge in [0.25, 0.3) is 0 Å². The van der Waals surface area contributed by atoms with E-state index in [9.17, 15) is 0 Å². The minimum Gasteiger partial charge on any atom is -0.316 e. The van der Waals surface area contributed by atoms with Crippen molar-refractivity contribution in [3.05, 3.63) is 17.5 Å². The van der Waals surface area contributed by atoms with Crippen LogP contribution in [-0.4, -0.2) is 22.9 Å². The van der Waals surface area contributed by atoms with E-state index in [4.69, 9.17) is 0 Å². The number of nitrogens with one attached hydrogen (secondary N) is 1. The maximum Gasteiger partial charge on any atom is 0.0699 e. The van der Waals surface area contributed by atoms with E-state index in [1.807, 2.05) is 11.7 Å². The first-order chi connectivity index (χ1) is 6.81. The molecule has 1 saturated heterocycles. The van der Waals surface area contributed by atoms with Crippen molar-refractivity contribution in [3.63, 3.8) is 0 Å². The smallest absolute Gasteiger partial charge is 0.0699 e. The van der Waals surface area contributed by atoms with Gasteiger partial charge in [-0.15, -0.1) is 0 Å². The molecular formula is C11H19N3. The van der Waals surface area contributed by atoms with E-state index in [2.05, 4.69) is 23.5 Å². The minimum atomic E-state index is 0.639. The molecule has 1 N–H and O–H groups in total. The number of nitrogens with zero attached hydrogens (tertiary/aromatic N) is 2. The summed E-state index contributed by atoms with van der Waals surface area (Å²) in [6.07, 6.45) is 5.82. The summed E-state index contributed by atoms with van der Waals surface area (Å²) in [6, 6.07) is 0. The van der Waals surface area contributed by atoms with Gasteiger partial charge in [-0.2, -0.15) is 5.10 Å². The molecule has 1 aromatic rings. The Balaban J connectivity index is 2.20. The van der Waals surface area contributed by atoms with Gasteiger partial charge in [-0.05, 0) is 31.4 Å². The van der Waals surface area contributed by atoms with Crippen molar-refractivity contribution < 1.29 is 0 Å². The van der Waals surface area contributed by atoms with Crippen LogP contribution in [0.4, 0.5) is 0 Å². The van der Waals surface area contributed by atoms with Crippen molar-refractivity contribution in [3.8, 4) is 0 Å². The predicted molar refractivity (Wildman–Crippen MR) is 57.4 cm³/mol. The summed E-state index contributed by atoms with van der Waals surface area (Å²) in [5, 5.41) is 8.03. The summed E-state index contributed by atoms with van der Waals surface area (Å²) >= 11 is 0. The molecule has 78 valence electrons. The van der Waals surface area contributed by atoms with Gasteiger partial charge in [-0.25, -0.2) is 0 Å². The van der Waals surface area contributed by atoms with Crippen LogP contribution in [0.15, 0.2) is 6.20 Å². The molecule has 1 fully saturated rings. The molecular weight excluding hydrogens is 174 g/mol. The van der Waals surface area contributed by atoms with Crippen LogP contribution in [0.3, 0.4) is 0 Å². The first kappa shape index (κ1) is 9.71. The molecule has 0 amide bonds. The first-order valence-electron chi connectivity index (χ1n) is 5.54. The van der Waals surface area contributed by atoms with E-state index < -0.39 is 0 Å². The number of hydrogen-bond donors (Lipinski definition) is 1. The number of hydrogen-bond acceptors (Lipinski definition) is 2. The lowest BCUT2D eigenvalue weighted by atomic mass is 9.93. The normalized spacial score (nSPS) is 22.6. The third kappa shape index (κ3) is 1.82. The summed E-state index contributed by atoms with van der Waals surface area (Å²) in [5.74, 6) is 0.639. The fraction of sp³-hybridized carbons (Fsp3) is 0.727. The van der Waals surface area contributed by atoms with E-state index in [1.54, 1.807) is 0 Å². The molecule has 0 aliphatic carbocycles. The molecule has 1 aliphatic rings. The highest BCUT2D eigenvalue weighted by atomic mass is 15.3. The lowest BCUT2D eigenvalue weighted by molar-refractivity contribution is 0.449. The molecule has 0 bridgehead atoms. The van der Waals surface area contributed by atoms with Gasteiger partial charge in [-0.3, -0.25) is 4.68 Å². The second kappa shape index (κ2) is 4.13. The fourth-order valence-electron chi connectivity index (χ4n) is 2.26. The van der Waals surface area contributed by atoms with Crippen LogP contribution in [-0.2, 0) is 13.5 Å². The lowest BCUT2D eigenvalue weighted by Crippen LogP contribution is -2.29. The third-order valence-electron chi connectivity index (χ3n) is 3.00. The summed E-state index contributed by atoms with van der Waals surface area (Å²) < 4.78 is 1.95. The summed E-state index contributed by atoms with van der Waals surface area (Å²) in [4.78, 5) is 0. The maximum atomic E-state index is 4.58. The van der Waals surface area contributed by atoms with Crippen molar-refractivity contribution in [2.75, 3.05) is 13.1 Å². The van der Waals surface area contributed by atoms with Crippen LogP contribution in [0.25, 0.3) is 0 Å². The third-order valence-corrected chi connectivity index (χ3v) is 3.00. The van der Waals surface area contributed by atoms with E-state index >= 15 is 0 Å². The van der Waals surface area contributed by atoms with Crippen molar-refractivity contribution in [2.45, 2.75) is 32.1 Å². The number of piperidine rings is 1. The summed E-state index contributed by atoms with van der Waals surface area (Å²) in [5.41, 5.74) is 2.74. The zero-order valence-corrected chi connectivity index (χ0v) is 9.08. The van der Waals surface area contributed by atoms with Gasteiger partial charge in [0.2, 0.25) is 0 Å². The molecule has 0 spiro atoms. The van der Waals surface area contributed by atoms with E-state index in [0.717, 1.165) is 13.0 Å². The Morgan fingerprint density at radius 2 is 2.50 bits per heavy atom. The van der Waals surface area contributed by atoms with Gasteiger partial charge in [0.15, 0.2) is 0 Å². The molecule has 1 atom stereocenters. The average molecular weight is 193 g/mol. The van der Waals surface area contributed by atoms with Crippen molar-refractivity contribution in [1.82, 2.24) is 15.1 Å². The highest BCUT2D eigenvalue weighted by Gasteiger charge is 2.20. The largest absolute Gasteiger partial charge is 0.316 e. The van der Waals surface area contributed by atoms with Gasteiger partial charge in [0, 0.05) is 25.7 Å². The zero-order chi connectivity index (χ0) is 9.97. The van der Waals surface area contributed by atoms with Crippen molar-refractivity contribution >= 4 is 0 Å². The fourth-order valence-corrected chi connectivity index (χ4v) is 2.26. The maximum absolute atomic E-state index is 4.58. The van der Waals surface area contributed by atoms with Crippen LogP contribution in [0, 0.1) is 0 Å². The van der Waals surface area contributed by atoms with Gasteiger partial charge >= 0.3 is 0 Å². The van der Waals surface area contributed by atoms with Crippen LogP contribution in [0.5, 0.6) is 0 Å². The number of aromatic nitrogens is 2. The Hall–Kier alpha value is -0.830. The number of rotatable bonds is 2. The highest BCUT2D eigenvalue weighted by Crippen LogP contribution is 2.24. The molecule has 3 nitrogen and oxygen atoms in total. The van der Waals surface area contributed by atoms with Gasteiger partial charge in [0.1, 0.15) is 0 Å². The molecule has 0 saturated carbocycles. The Labute approximate surface area is 85.5 Å². The summed E-state index contributed by atoms with van der Waals surface area (Å²) in [6.45, 7) is 4.48. The highest BCUT2D eigenvalue weighted by molar-refractivity contribution is 5.21. The standard InChI is InChI=1S/C11H19N3/c1-3-9-8-14(2)13-11(9)10-5-4-6-12-7-10/h8,10,12H,3-7H2,1-2H3. The van der Waals surface area contributed by atoms with E-state index in [0.29, 0.717) is 5.92 Å². The van der Waals surface area contributed by atoms with E-state index in [-0.39, 0.29) is 0 Å². The van der Waals surface area contributed by atoms with Crippen LogP contribution in [0.2, 0.25) is 0 Å². The SMILES string of the molecule is CCc1cn(C)nc1C1CCCNC1. The predicted octanol–water partition coefficient (Wildman–Crippen LogP) is 1.45. The van der Waals surface area contributed by atoms with Crippen LogP contribution >= 0.6 is 0 Å². The van der Waals surface area contributed by atoms with E-state index in [1.165, 1.54) is 30.6 Å². The quantitative estimate of drug-likeness (QED) is 0.770.